The highest BCUT2D eigenvalue weighted by Gasteiger charge is 2.19. The van der Waals surface area contributed by atoms with Crippen LogP contribution in [0.5, 0.6) is 5.75 Å². The Balaban J connectivity index is 1.57. The van der Waals surface area contributed by atoms with Gasteiger partial charge in [0.25, 0.3) is 5.91 Å². The van der Waals surface area contributed by atoms with Crippen molar-refractivity contribution >= 4 is 23.1 Å². The molecule has 1 N–H and O–H groups in total. The van der Waals surface area contributed by atoms with Crippen molar-refractivity contribution in [2.45, 2.75) is 72.6 Å². The molecule has 1 aromatic heterocycles. The van der Waals surface area contributed by atoms with Gasteiger partial charge in [-0.25, -0.2) is 0 Å². The van der Waals surface area contributed by atoms with Gasteiger partial charge in [-0.1, -0.05) is 50.2 Å². The lowest BCUT2D eigenvalue weighted by Crippen LogP contribution is -2.29. The smallest absolute Gasteiger partial charge is 0.251 e. The molecule has 0 radical (unpaired) electrons. The molecule has 0 aliphatic carbocycles. The minimum absolute atomic E-state index is 0.0817. The molecule has 198 valence electrons. The van der Waals surface area contributed by atoms with E-state index in [-0.39, 0.29) is 11.9 Å². The van der Waals surface area contributed by atoms with Crippen molar-refractivity contribution in [3.05, 3.63) is 100 Å². The van der Waals surface area contributed by atoms with Crippen LogP contribution in [0.3, 0.4) is 0 Å². The first-order chi connectivity index (χ1) is 18.0. The van der Waals surface area contributed by atoms with E-state index in [9.17, 15) is 9.59 Å². The Morgan fingerprint density at radius 2 is 1.68 bits per heavy atom. The van der Waals surface area contributed by atoms with E-state index in [2.05, 4.69) is 67.9 Å². The standard InChI is InChI=1S/C33H38N2O3/c1-21(2)26-11-9-12-27(17-26)23(4)34-32(37)28-14-15-31-30(18-28)22(3)24(5)35(31)19-25-10-8-13-29(16-25)38-33(6,7)20-36/h8-18,20-21,23H,19H2,1-7H3,(H,34,37)/t23-/m0/s1. The lowest BCUT2D eigenvalue weighted by Gasteiger charge is -2.20. The van der Waals surface area contributed by atoms with Crippen LogP contribution in [0.15, 0.2) is 66.7 Å². The maximum atomic E-state index is 13.2. The lowest BCUT2D eigenvalue weighted by molar-refractivity contribution is -0.119. The number of carbonyl (C=O) groups excluding carboxylic acids is 2. The number of hydrogen-bond acceptors (Lipinski definition) is 3. The Bertz CT molecular complexity index is 1480. The first-order valence-electron chi connectivity index (χ1n) is 13.2. The van der Waals surface area contributed by atoms with Gasteiger partial charge < -0.3 is 14.6 Å². The second kappa shape index (κ2) is 10.9. The van der Waals surface area contributed by atoms with Crippen LogP contribution in [0.4, 0.5) is 0 Å². The van der Waals surface area contributed by atoms with Gasteiger partial charge in [-0.3, -0.25) is 9.59 Å². The Morgan fingerprint density at radius 3 is 2.39 bits per heavy atom. The number of carbonyl (C=O) groups is 2. The molecule has 1 heterocycles. The molecule has 4 aromatic rings. The van der Waals surface area contributed by atoms with Gasteiger partial charge in [0.2, 0.25) is 0 Å². The number of nitrogens with zero attached hydrogens (tertiary/aromatic N) is 1. The minimum atomic E-state index is -0.878. The van der Waals surface area contributed by atoms with Crippen LogP contribution in [0.1, 0.15) is 84.9 Å². The zero-order valence-corrected chi connectivity index (χ0v) is 23.5. The lowest BCUT2D eigenvalue weighted by atomic mass is 9.98. The number of amides is 1. The van der Waals surface area contributed by atoms with E-state index in [0.717, 1.165) is 39.6 Å². The fraction of sp³-hybridized carbons (Fsp3) is 0.333. The van der Waals surface area contributed by atoms with Gasteiger partial charge >= 0.3 is 0 Å². The van der Waals surface area contributed by atoms with Crippen LogP contribution in [-0.2, 0) is 11.3 Å². The molecule has 0 saturated carbocycles. The average Bonchev–Trinajstić information content (AvgIpc) is 3.13. The average molecular weight is 511 g/mol. The largest absolute Gasteiger partial charge is 0.480 e. The summed E-state index contributed by atoms with van der Waals surface area (Å²) in [7, 11) is 0. The van der Waals surface area contributed by atoms with Gasteiger partial charge in [-0.05, 0) is 93.1 Å². The van der Waals surface area contributed by atoms with Crippen molar-refractivity contribution in [1.29, 1.82) is 0 Å². The summed E-state index contributed by atoms with van der Waals surface area (Å²) in [6.07, 6.45) is 0.809. The predicted octanol–water partition coefficient (Wildman–Crippen LogP) is 7.28. The van der Waals surface area contributed by atoms with Gasteiger partial charge in [-0.2, -0.15) is 0 Å². The van der Waals surface area contributed by atoms with Gasteiger partial charge in [-0.15, -0.1) is 0 Å². The quantitative estimate of drug-likeness (QED) is 0.241. The summed E-state index contributed by atoms with van der Waals surface area (Å²) in [5.74, 6) is 1.02. The Morgan fingerprint density at radius 1 is 0.974 bits per heavy atom. The third-order valence-electron chi connectivity index (χ3n) is 7.23. The first-order valence-corrected chi connectivity index (χ1v) is 13.2. The van der Waals surface area contributed by atoms with Crippen LogP contribution < -0.4 is 10.1 Å². The molecule has 1 amide bonds. The van der Waals surface area contributed by atoms with Crippen molar-refractivity contribution in [3.8, 4) is 5.75 Å². The molecule has 0 fully saturated rings. The number of nitrogens with one attached hydrogen (secondary N) is 1. The fourth-order valence-electron chi connectivity index (χ4n) is 4.76. The number of aromatic nitrogens is 1. The SMILES string of the molecule is Cc1c(C)n(Cc2cccc(OC(C)(C)C=O)c2)c2ccc(C(=O)N[C@@H](C)c3cccc(C(C)C)c3)cc12. The van der Waals surface area contributed by atoms with Crippen molar-refractivity contribution in [2.24, 2.45) is 0 Å². The van der Waals surface area contributed by atoms with Crippen molar-refractivity contribution in [3.63, 3.8) is 0 Å². The highest BCUT2D eigenvalue weighted by atomic mass is 16.5. The molecular formula is C33H38N2O3. The molecule has 0 spiro atoms. The number of ether oxygens (including phenoxy) is 1. The van der Waals surface area contributed by atoms with Crippen molar-refractivity contribution in [1.82, 2.24) is 9.88 Å². The van der Waals surface area contributed by atoms with Gasteiger partial charge in [0, 0.05) is 28.7 Å². The summed E-state index contributed by atoms with van der Waals surface area (Å²) in [5, 5.41) is 4.24. The minimum Gasteiger partial charge on any atom is -0.480 e. The molecule has 1 atom stereocenters. The molecule has 4 rings (SSSR count). The Hall–Kier alpha value is -3.86. The van der Waals surface area contributed by atoms with E-state index in [1.165, 1.54) is 5.56 Å². The molecule has 0 bridgehead atoms. The zero-order chi connectivity index (χ0) is 27.6. The maximum absolute atomic E-state index is 13.2. The number of aryl methyl sites for hydroxylation is 1. The molecular weight excluding hydrogens is 472 g/mol. The van der Waals surface area contributed by atoms with Gasteiger partial charge in [0.05, 0.1) is 6.04 Å². The molecule has 5 heteroatoms. The molecule has 0 unspecified atom stereocenters. The highest BCUT2D eigenvalue weighted by molar-refractivity contribution is 5.99. The van der Waals surface area contributed by atoms with Crippen LogP contribution in [0, 0.1) is 13.8 Å². The predicted molar refractivity (Wildman–Crippen MR) is 154 cm³/mol. The number of aldehydes is 1. The van der Waals surface area contributed by atoms with E-state index in [1.807, 2.05) is 43.3 Å². The summed E-state index contributed by atoms with van der Waals surface area (Å²) in [6.45, 7) is 14.7. The van der Waals surface area contributed by atoms with Crippen LogP contribution >= 0.6 is 0 Å². The summed E-state index contributed by atoms with van der Waals surface area (Å²) >= 11 is 0. The van der Waals surface area contributed by atoms with Crippen molar-refractivity contribution < 1.29 is 14.3 Å². The molecule has 38 heavy (non-hydrogen) atoms. The zero-order valence-electron chi connectivity index (χ0n) is 23.5. The third kappa shape index (κ3) is 5.83. The first kappa shape index (κ1) is 27.2. The van der Waals surface area contributed by atoms with E-state index in [4.69, 9.17) is 4.74 Å². The number of hydrogen-bond donors (Lipinski definition) is 1. The monoisotopic (exact) mass is 510 g/mol. The molecule has 3 aromatic carbocycles. The van der Waals surface area contributed by atoms with Crippen LogP contribution in [-0.4, -0.2) is 22.4 Å². The third-order valence-corrected chi connectivity index (χ3v) is 7.23. The maximum Gasteiger partial charge on any atom is 0.251 e. The van der Waals surface area contributed by atoms with Crippen molar-refractivity contribution in [2.75, 3.05) is 0 Å². The Labute approximate surface area is 225 Å². The summed E-state index contributed by atoms with van der Waals surface area (Å²) in [6, 6.07) is 22.1. The van der Waals surface area contributed by atoms with Crippen LogP contribution in [0.25, 0.3) is 10.9 Å². The molecule has 0 saturated heterocycles. The molecule has 0 aliphatic rings. The summed E-state index contributed by atoms with van der Waals surface area (Å²) in [5.41, 5.74) is 6.59. The number of rotatable bonds is 9. The van der Waals surface area contributed by atoms with E-state index in [1.54, 1.807) is 13.8 Å². The molecule has 5 nitrogen and oxygen atoms in total. The normalized spacial score (nSPS) is 12.5. The van der Waals surface area contributed by atoms with Gasteiger partial charge in [0.15, 0.2) is 11.9 Å². The summed E-state index contributed by atoms with van der Waals surface area (Å²) in [4.78, 5) is 24.5. The Kier molecular flexibility index (Phi) is 7.77. The number of benzene rings is 3. The van der Waals surface area contributed by atoms with E-state index < -0.39 is 5.60 Å². The van der Waals surface area contributed by atoms with Gasteiger partial charge in [0.1, 0.15) is 5.75 Å². The van der Waals surface area contributed by atoms with Crippen LogP contribution in [0.2, 0.25) is 0 Å². The molecule has 0 aliphatic heterocycles. The second-order valence-electron chi connectivity index (χ2n) is 11.0. The topological polar surface area (TPSA) is 60.3 Å². The van der Waals surface area contributed by atoms with E-state index >= 15 is 0 Å². The second-order valence-corrected chi connectivity index (χ2v) is 11.0. The highest BCUT2D eigenvalue weighted by Crippen LogP contribution is 2.29. The fourth-order valence-corrected chi connectivity index (χ4v) is 4.76. The summed E-state index contributed by atoms with van der Waals surface area (Å²) < 4.78 is 8.11. The van der Waals surface area contributed by atoms with E-state index in [0.29, 0.717) is 23.8 Å². The number of fused-ring (bicyclic) bond motifs is 1.